The van der Waals surface area contributed by atoms with Crippen molar-refractivity contribution in [2.75, 3.05) is 18.5 Å². The van der Waals surface area contributed by atoms with Gasteiger partial charge in [-0.3, -0.25) is 9.36 Å². The van der Waals surface area contributed by atoms with E-state index in [0.29, 0.717) is 70.3 Å². The maximum atomic E-state index is 13.7. The van der Waals surface area contributed by atoms with Crippen LogP contribution in [0.2, 0.25) is 5.02 Å². The Balaban J connectivity index is 1.42. The lowest BCUT2D eigenvalue weighted by Crippen LogP contribution is -2.45. The monoisotopic (exact) mass is 589 g/mol. The maximum absolute atomic E-state index is 13.7. The fourth-order valence-corrected chi connectivity index (χ4v) is 6.06. The molecule has 4 heterocycles. The first-order chi connectivity index (χ1) is 19.1. The van der Waals surface area contributed by atoms with Gasteiger partial charge in [-0.25, -0.2) is 14.8 Å². The Morgan fingerprint density at radius 1 is 1.18 bits per heavy atom. The summed E-state index contributed by atoms with van der Waals surface area (Å²) in [6.07, 6.45) is -3.69. The van der Waals surface area contributed by atoms with Gasteiger partial charge in [0.25, 0.3) is 5.56 Å². The molecule has 0 aliphatic carbocycles. The molecule has 2 saturated heterocycles. The van der Waals surface area contributed by atoms with Gasteiger partial charge in [0.15, 0.2) is 5.01 Å². The van der Waals surface area contributed by atoms with Crippen molar-refractivity contribution < 1.29 is 22.7 Å². The van der Waals surface area contributed by atoms with Gasteiger partial charge in [-0.05, 0) is 49.6 Å². The highest BCUT2D eigenvalue weighted by Gasteiger charge is 2.38. The summed E-state index contributed by atoms with van der Waals surface area (Å²) >= 11 is 6.52. The zero-order valence-electron chi connectivity index (χ0n) is 21.2. The Kier molecular flexibility index (Phi) is 6.70. The van der Waals surface area contributed by atoms with Crippen LogP contribution in [-0.4, -0.2) is 50.8 Å². The van der Waals surface area contributed by atoms with Gasteiger partial charge in [0, 0.05) is 34.2 Å². The number of benzene rings is 2. The number of hydrogen-bond donors (Lipinski definition) is 1. The molecular weight excluding hydrogens is 567 g/mol. The van der Waals surface area contributed by atoms with E-state index in [2.05, 4.69) is 15.3 Å². The third-order valence-corrected chi connectivity index (χ3v) is 8.41. The number of anilines is 1. The smallest absolute Gasteiger partial charge is 0.443 e. The summed E-state index contributed by atoms with van der Waals surface area (Å²) in [5.74, 6) is 0.464. The molecule has 4 aromatic rings. The number of ether oxygens (including phenoxy) is 1. The molecule has 0 spiro atoms. The van der Waals surface area contributed by atoms with E-state index in [1.807, 2.05) is 12.1 Å². The van der Waals surface area contributed by atoms with Crippen molar-refractivity contribution in [1.29, 1.82) is 0 Å². The number of cyclic esters (lactones) is 1. The molecule has 1 N–H and O–H groups in total. The third-order valence-electron chi connectivity index (χ3n) is 7.27. The second kappa shape index (κ2) is 10.1. The second-order valence-corrected chi connectivity index (χ2v) is 11.2. The predicted molar refractivity (Wildman–Crippen MR) is 146 cm³/mol. The van der Waals surface area contributed by atoms with E-state index >= 15 is 0 Å². The number of aryl methyl sites for hydroxylation is 1. The number of nitrogens with one attached hydrogen (secondary N) is 1. The third kappa shape index (κ3) is 5.01. The minimum atomic E-state index is -4.57. The molecule has 40 heavy (non-hydrogen) atoms. The number of piperidine rings is 1. The van der Waals surface area contributed by atoms with E-state index in [1.54, 1.807) is 40.7 Å². The lowest BCUT2D eigenvalue weighted by atomic mass is 9.97. The summed E-state index contributed by atoms with van der Waals surface area (Å²) in [5, 5.41) is 4.75. The average Bonchev–Trinajstić information content (AvgIpc) is 3.55. The molecule has 8 nitrogen and oxygen atoms in total. The molecule has 208 valence electrons. The normalized spacial score (nSPS) is 19.1. The Labute approximate surface area is 235 Å². The average molecular weight is 590 g/mol. The lowest BCUT2D eigenvalue weighted by Gasteiger charge is -2.33. The Morgan fingerprint density at radius 2 is 1.95 bits per heavy atom. The fourth-order valence-electron chi connectivity index (χ4n) is 5.25. The Morgan fingerprint density at radius 3 is 2.67 bits per heavy atom. The van der Waals surface area contributed by atoms with Crippen LogP contribution in [0.25, 0.3) is 22.2 Å². The summed E-state index contributed by atoms with van der Waals surface area (Å²) < 4.78 is 46.8. The topological polar surface area (TPSA) is 89.4 Å². The molecule has 2 atom stereocenters. The number of alkyl halides is 3. The zero-order valence-corrected chi connectivity index (χ0v) is 22.7. The highest BCUT2D eigenvalue weighted by atomic mass is 35.5. The predicted octanol–water partition coefficient (Wildman–Crippen LogP) is 5.94. The number of amides is 1. The minimum Gasteiger partial charge on any atom is -0.447 e. The van der Waals surface area contributed by atoms with E-state index in [9.17, 15) is 22.8 Å². The lowest BCUT2D eigenvalue weighted by molar-refractivity contribution is -0.137. The van der Waals surface area contributed by atoms with Gasteiger partial charge in [0.2, 0.25) is 0 Å². The summed E-state index contributed by atoms with van der Waals surface area (Å²) in [6.45, 7) is 2.78. The van der Waals surface area contributed by atoms with Gasteiger partial charge in [-0.2, -0.15) is 13.2 Å². The Bertz CT molecular complexity index is 1670. The van der Waals surface area contributed by atoms with Gasteiger partial charge >= 0.3 is 12.3 Å². The SMILES string of the molecule is Cc1nc2cc(-c3csc(C(F)(F)F)n3)c(N[C@H]3CCN4C(=O)OC[C@@H]4C3)cc2c(=O)n1Cc1ccc(Cl)cc1. The number of hydrogen-bond acceptors (Lipinski definition) is 7. The van der Waals surface area contributed by atoms with Crippen molar-refractivity contribution in [2.45, 2.75) is 44.6 Å². The molecule has 0 saturated carbocycles. The molecule has 2 aliphatic heterocycles. The molecular formula is C27H23ClF3N5O3S. The van der Waals surface area contributed by atoms with Crippen LogP contribution in [0.5, 0.6) is 0 Å². The van der Waals surface area contributed by atoms with E-state index in [0.717, 1.165) is 5.56 Å². The van der Waals surface area contributed by atoms with Crippen molar-refractivity contribution in [1.82, 2.24) is 19.4 Å². The number of rotatable bonds is 5. The van der Waals surface area contributed by atoms with E-state index < -0.39 is 11.2 Å². The van der Waals surface area contributed by atoms with Gasteiger partial charge in [0.05, 0.1) is 29.2 Å². The molecule has 2 aliphatic rings. The van der Waals surface area contributed by atoms with Crippen LogP contribution in [0, 0.1) is 6.92 Å². The van der Waals surface area contributed by atoms with Crippen LogP contribution < -0.4 is 10.9 Å². The molecule has 2 aromatic carbocycles. The van der Waals surface area contributed by atoms with Crippen molar-refractivity contribution >= 4 is 45.6 Å². The number of carbonyl (C=O) groups excluding carboxylic acids is 1. The van der Waals surface area contributed by atoms with Gasteiger partial charge in [-0.15, -0.1) is 11.3 Å². The standard InChI is InChI=1S/C27H23ClF3N5O3S/c1-14-32-22-9-19(23-13-40-25(34-23)27(29,30)31)21(33-17-6-7-35-18(8-17)12-39-26(35)38)10-20(22)24(37)36(14)11-15-2-4-16(28)5-3-15/h2-5,9-10,13,17-18,33H,6-8,11-12H2,1H3/t17-,18-/m0/s1. The minimum absolute atomic E-state index is 0.0836. The molecule has 1 amide bonds. The van der Waals surface area contributed by atoms with E-state index in [1.165, 1.54) is 5.38 Å². The quantitative estimate of drug-likeness (QED) is 0.310. The van der Waals surface area contributed by atoms with Crippen LogP contribution >= 0.6 is 22.9 Å². The molecule has 0 bridgehead atoms. The number of fused-ring (bicyclic) bond motifs is 2. The van der Waals surface area contributed by atoms with Crippen LogP contribution in [0.4, 0.5) is 23.7 Å². The molecule has 13 heteroatoms. The van der Waals surface area contributed by atoms with Crippen molar-refractivity contribution in [3.05, 3.63) is 73.6 Å². The van der Waals surface area contributed by atoms with Crippen molar-refractivity contribution in [2.24, 2.45) is 0 Å². The molecule has 2 aromatic heterocycles. The number of thiazole rings is 1. The van der Waals surface area contributed by atoms with Crippen LogP contribution in [-0.2, 0) is 17.5 Å². The van der Waals surface area contributed by atoms with Crippen LogP contribution in [0.3, 0.4) is 0 Å². The van der Waals surface area contributed by atoms with E-state index in [4.69, 9.17) is 16.3 Å². The number of aromatic nitrogens is 3. The molecule has 2 fully saturated rings. The first-order valence-electron chi connectivity index (χ1n) is 12.6. The number of nitrogens with zero attached hydrogens (tertiary/aromatic N) is 4. The highest BCUT2D eigenvalue weighted by Crippen LogP contribution is 2.38. The van der Waals surface area contributed by atoms with Crippen molar-refractivity contribution in [3.8, 4) is 11.3 Å². The van der Waals surface area contributed by atoms with Gasteiger partial charge in [0.1, 0.15) is 12.4 Å². The molecule has 0 unspecified atom stereocenters. The van der Waals surface area contributed by atoms with Crippen LogP contribution in [0.15, 0.2) is 46.6 Å². The fraction of sp³-hybridized carbons (Fsp3) is 0.333. The first kappa shape index (κ1) is 26.6. The number of halogens is 4. The molecule has 0 radical (unpaired) electrons. The van der Waals surface area contributed by atoms with Gasteiger partial charge < -0.3 is 15.0 Å². The largest absolute Gasteiger partial charge is 0.447 e. The van der Waals surface area contributed by atoms with E-state index in [-0.39, 0.29) is 36.0 Å². The summed E-state index contributed by atoms with van der Waals surface area (Å²) in [5.41, 5.74) is 2.00. The Hall–Kier alpha value is -3.64. The summed E-state index contributed by atoms with van der Waals surface area (Å²) in [4.78, 5) is 35.8. The zero-order chi connectivity index (χ0) is 28.2. The second-order valence-electron chi connectivity index (χ2n) is 9.92. The van der Waals surface area contributed by atoms with Gasteiger partial charge in [-0.1, -0.05) is 23.7 Å². The number of carbonyl (C=O) groups is 1. The highest BCUT2D eigenvalue weighted by molar-refractivity contribution is 7.10. The summed E-state index contributed by atoms with van der Waals surface area (Å²) in [7, 11) is 0. The molecule has 6 rings (SSSR count). The van der Waals surface area contributed by atoms with Crippen LogP contribution in [0.1, 0.15) is 29.2 Å². The van der Waals surface area contributed by atoms with Crippen molar-refractivity contribution in [3.63, 3.8) is 0 Å². The first-order valence-corrected chi connectivity index (χ1v) is 13.9. The maximum Gasteiger partial charge on any atom is 0.443 e. The summed E-state index contributed by atoms with van der Waals surface area (Å²) in [6, 6.07) is 10.2.